The number of aromatic nitrogens is 1. The van der Waals surface area contributed by atoms with Crippen molar-refractivity contribution >= 4 is 11.6 Å². The predicted octanol–water partition coefficient (Wildman–Crippen LogP) is 6.00. The highest BCUT2D eigenvalue weighted by molar-refractivity contribution is 5.98. The van der Waals surface area contributed by atoms with E-state index >= 15 is 0 Å². The molecule has 0 aliphatic heterocycles. The third kappa shape index (κ3) is 4.90. The third-order valence-electron chi connectivity index (χ3n) is 5.06. The van der Waals surface area contributed by atoms with Gasteiger partial charge in [-0.05, 0) is 48.0 Å². The van der Waals surface area contributed by atoms with Crippen molar-refractivity contribution < 1.29 is 22.4 Å². The van der Waals surface area contributed by atoms with E-state index in [-0.39, 0.29) is 29.5 Å². The van der Waals surface area contributed by atoms with Crippen LogP contribution in [0.1, 0.15) is 21.6 Å². The first-order valence-electron chi connectivity index (χ1n) is 10.1. The SMILES string of the molecule is CNc1ccc(-c2oc(-c3ccccc3)nc2C(=O)NCc2ccccc2C(F)(F)F)cc1. The van der Waals surface area contributed by atoms with Gasteiger partial charge >= 0.3 is 6.18 Å². The normalized spacial score (nSPS) is 11.3. The first-order chi connectivity index (χ1) is 15.9. The van der Waals surface area contributed by atoms with Crippen LogP contribution in [0.2, 0.25) is 0 Å². The van der Waals surface area contributed by atoms with Gasteiger partial charge in [0.2, 0.25) is 5.89 Å². The lowest BCUT2D eigenvalue weighted by molar-refractivity contribution is -0.138. The number of alkyl halides is 3. The standard InChI is InChI=1S/C25H20F3N3O2/c1-29-19-13-11-16(12-14-19)22-21(31-24(33-22)17-7-3-2-4-8-17)23(32)30-15-18-9-5-6-10-20(18)25(26,27)28/h2-14,29H,15H2,1H3,(H,30,32). The minimum Gasteiger partial charge on any atom is -0.435 e. The van der Waals surface area contributed by atoms with Gasteiger partial charge in [0, 0.05) is 30.4 Å². The Bertz CT molecular complexity index is 1250. The van der Waals surface area contributed by atoms with Crippen molar-refractivity contribution in [1.29, 1.82) is 0 Å². The van der Waals surface area contributed by atoms with E-state index in [1.165, 1.54) is 18.2 Å². The number of hydrogen-bond acceptors (Lipinski definition) is 4. The molecule has 1 amide bonds. The summed E-state index contributed by atoms with van der Waals surface area (Å²) in [4.78, 5) is 17.4. The molecule has 1 aromatic heterocycles. The average molecular weight is 451 g/mol. The number of carbonyl (C=O) groups is 1. The highest BCUT2D eigenvalue weighted by atomic mass is 19.4. The molecule has 0 saturated heterocycles. The molecule has 4 rings (SSSR count). The Labute approximate surface area is 188 Å². The highest BCUT2D eigenvalue weighted by Crippen LogP contribution is 2.33. The smallest absolute Gasteiger partial charge is 0.416 e. The first-order valence-corrected chi connectivity index (χ1v) is 10.1. The van der Waals surface area contributed by atoms with Gasteiger partial charge in [-0.25, -0.2) is 4.98 Å². The molecule has 0 saturated carbocycles. The number of nitrogens with zero attached hydrogens (tertiary/aromatic N) is 1. The minimum absolute atomic E-state index is 0.00412. The van der Waals surface area contributed by atoms with E-state index < -0.39 is 17.6 Å². The Morgan fingerprint density at radius 1 is 0.909 bits per heavy atom. The fourth-order valence-corrected chi connectivity index (χ4v) is 3.37. The maximum Gasteiger partial charge on any atom is 0.416 e. The van der Waals surface area contributed by atoms with Crippen LogP contribution in [-0.4, -0.2) is 17.9 Å². The quantitative estimate of drug-likeness (QED) is 0.377. The monoisotopic (exact) mass is 451 g/mol. The van der Waals surface area contributed by atoms with E-state index in [1.807, 2.05) is 30.3 Å². The number of rotatable bonds is 6. The topological polar surface area (TPSA) is 67.2 Å². The Hall–Kier alpha value is -4.07. The van der Waals surface area contributed by atoms with E-state index in [4.69, 9.17) is 4.42 Å². The van der Waals surface area contributed by atoms with Gasteiger partial charge < -0.3 is 15.1 Å². The summed E-state index contributed by atoms with van der Waals surface area (Å²) in [6.45, 7) is -0.305. The number of oxazole rings is 1. The first kappa shape index (κ1) is 22.1. The fraction of sp³-hybridized carbons (Fsp3) is 0.120. The largest absolute Gasteiger partial charge is 0.435 e. The van der Waals surface area contributed by atoms with Crippen molar-refractivity contribution in [3.05, 3.63) is 95.7 Å². The maximum absolute atomic E-state index is 13.3. The number of benzene rings is 3. The number of anilines is 1. The second-order valence-electron chi connectivity index (χ2n) is 7.23. The zero-order chi connectivity index (χ0) is 23.4. The lowest BCUT2D eigenvalue weighted by Crippen LogP contribution is -2.25. The van der Waals surface area contributed by atoms with Crippen LogP contribution in [0.15, 0.2) is 83.3 Å². The van der Waals surface area contributed by atoms with E-state index in [9.17, 15) is 18.0 Å². The second kappa shape index (κ2) is 9.20. The third-order valence-corrected chi connectivity index (χ3v) is 5.06. The summed E-state index contributed by atoms with van der Waals surface area (Å²) < 4.78 is 45.8. The predicted molar refractivity (Wildman–Crippen MR) is 120 cm³/mol. The summed E-state index contributed by atoms with van der Waals surface area (Å²) in [5, 5.41) is 5.56. The molecule has 0 unspecified atom stereocenters. The zero-order valence-corrected chi connectivity index (χ0v) is 17.6. The molecule has 3 aromatic carbocycles. The van der Waals surface area contributed by atoms with Crippen LogP contribution >= 0.6 is 0 Å². The fourth-order valence-electron chi connectivity index (χ4n) is 3.37. The summed E-state index contributed by atoms with van der Waals surface area (Å²) in [5.74, 6) is -0.159. The molecule has 5 nitrogen and oxygen atoms in total. The van der Waals surface area contributed by atoms with Crippen LogP contribution in [0.4, 0.5) is 18.9 Å². The molecule has 0 atom stereocenters. The van der Waals surface area contributed by atoms with Crippen molar-refractivity contribution in [2.24, 2.45) is 0 Å². The summed E-state index contributed by atoms with van der Waals surface area (Å²) in [5.41, 5.74) is 1.33. The van der Waals surface area contributed by atoms with Gasteiger partial charge in [-0.3, -0.25) is 4.79 Å². The van der Waals surface area contributed by atoms with Gasteiger partial charge in [0.15, 0.2) is 11.5 Å². The molecule has 0 bridgehead atoms. The number of amides is 1. The zero-order valence-electron chi connectivity index (χ0n) is 17.6. The minimum atomic E-state index is -4.52. The van der Waals surface area contributed by atoms with Gasteiger partial charge in [0.05, 0.1) is 5.56 Å². The Kier molecular flexibility index (Phi) is 6.17. The molecule has 168 valence electrons. The van der Waals surface area contributed by atoms with Gasteiger partial charge in [0.25, 0.3) is 5.91 Å². The summed E-state index contributed by atoms with van der Waals surface area (Å²) in [7, 11) is 1.79. The second-order valence-corrected chi connectivity index (χ2v) is 7.23. The Morgan fingerprint density at radius 3 is 2.24 bits per heavy atom. The van der Waals surface area contributed by atoms with Crippen LogP contribution in [0.5, 0.6) is 0 Å². The van der Waals surface area contributed by atoms with Crippen LogP contribution in [0, 0.1) is 0 Å². The number of nitrogens with one attached hydrogen (secondary N) is 2. The summed E-state index contributed by atoms with van der Waals surface area (Å²) >= 11 is 0. The number of hydrogen-bond donors (Lipinski definition) is 2. The summed E-state index contributed by atoms with van der Waals surface area (Å²) in [6, 6.07) is 21.4. The van der Waals surface area contributed by atoms with Crippen LogP contribution in [0.3, 0.4) is 0 Å². The van der Waals surface area contributed by atoms with Crippen molar-refractivity contribution in [2.75, 3.05) is 12.4 Å². The molecule has 0 aliphatic rings. The van der Waals surface area contributed by atoms with Crippen molar-refractivity contribution in [2.45, 2.75) is 12.7 Å². The van der Waals surface area contributed by atoms with Crippen molar-refractivity contribution in [3.63, 3.8) is 0 Å². The molecule has 0 aliphatic carbocycles. The number of halogens is 3. The van der Waals surface area contributed by atoms with Crippen molar-refractivity contribution in [3.8, 4) is 22.8 Å². The molecule has 0 radical (unpaired) electrons. The maximum atomic E-state index is 13.3. The molecule has 2 N–H and O–H groups in total. The molecule has 0 spiro atoms. The Morgan fingerprint density at radius 2 is 1.58 bits per heavy atom. The molecule has 0 fully saturated rings. The summed E-state index contributed by atoms with van der Waals surface area (Å²) in [6.07, 6.45) is -4.52. The van der Waals surface area contributed by atoms with E-state index in [0.717, 1.165) is 11.8 Å². The molecule has 8 heteroatoms. The van der Waals surface area contributed by atoms with Crippen LogP contribution < -0.4 is 10.6 Å². The Balaban J connectivity index is 1.67. The van der Waals surface area contributed by atoms with Crippen molar-refractivity contribution in [1.82, 2.24) is 10.3 Å². The lowest BCUT2D eigenvalue weighted by Gasteiger charge is -2.13. The van der Waals surface area contributed by atoms with E-state index in [2.05, 4.69) is 15.6 Å². The van der Waals surface area contributed by atoms with Crippen LogP contribution in [0.25, 0.3) is 22.8 Å². The molecule has 33 heavy (non-hydrogen) atoms. The molecule has 4 aromatic rings. The van der Waals surface area contributed by atoms with E-state index in [1.54, 1.807) is 31.3 Å². The number of carbonyl (C=O) groups excluding carboxylic acids is 1. The average Bonchev–Trinajstić information content (AvgIpc) is 3.28. The van der Waals surface area contributed by atoms with Gasteiger partial charge in [0.1, 0.15) is 0 Å². The molecule has 1 heterocycles. The van der Waals surface area contributed by atoms with Gasteiger partial charge in [-0.1, -0.05) is 36.4 Å². The van der Waals surface area contributed by atoms with Gasteiger partial charge in [-0.2, -0.15) is 13.2 Å². The lowest BCUT2D eigenvalue weighted by atomic mass is 10.1. The highest BCUT2D eigenvalue weighted by Gasteiger charge is 2.33. The van der Waals surface area contributed by atoms with E-state index in [0.29, 0.717) is 11.1 Å². The molecular formula is C25H20F3N3O2. The van der Waals surface area contributed by atoms with Crippen LogP contribution in [-0.2, 0) is 12.7 Å². The molecular weight excluding hydrogens is 431 g/mol. The van der Waals surface area contributed by atoms with Gasteiger partial charge in [-0.15, -0.1) is 0 Å².